The lowest BCUT2D eigenvalue weighted by Gasteiger charge is -2.32. The van der Waals surface area contributed by atoms with E-state index in [1.807, 2.05) is 35.4 Å². The summed E-state index contributed by atoms with van der Waals surface area (Å²) in [6, 6.07) is 18.3. The van der Waals surface area contributed by atoms with E-state index in [1.165, 1.54) is 5.56 Å². The molecule has 1 aliphatic heterocycles. The molecule has 138 valence electrons. The van der Waals surface area contributed by atoms with E-state index in [2.05, 4.69) is 40.4 Å². The van der Waals surface area contributed by atoms with Gasteiger partial charge in [-0.3, -0.25) is 14.5 Å². The van der Waals surface area contributed by atoms with Crippen molar-refractivity contribution >= 4 is 5.91 Å². The first-order chi connectivity index (χ1) is 13.3. The topological polar surface area (TPSA) is 51.0 Å². The molecule has 5 heteroatoms. The van der Waals surface area contributed by atoms with Gasteiger partial charge in [0.05, 0.1) is 5.69 Å². The zero-order valence-electron chi connectivity index (χ0n) is 15.4. The van der Waals surface area contributed by atoms with E-state index in [0.717, 1.165) is 43.7 Å². The Bertz CT molecular complexity index is 868. The predicted octanol–water partition coefficient (Wildman–Crippen LogP) is 3.43. The van der Waals surface area contributed by atoms with Gasteiger partial charge in [-0.1, -0.05) is 36.4 Å². The van der Waals surface area contributed by atoms with Crippen molar-refractivity contribution in [2.75, 3.05) is 13.1 Å². The van der Waals surface area contributed by atoms with E-state index < -0.39 is 0 Å². The molecule has 1 amide bonds. The number of amides is 1. The Balaban J connectivity index is 1.29. The summed E-state index contributed by atoms with van der Waals surface area (Å²) >= 11 is 0. The number of piperidine rings is 1. The van der Waals surface area contributed by atoms with Crippen molar-refractivity contribution < 1.29 is 4.79 Å². The highest BCUT2D eigenvalue weighted by Crippen LogP contribution is 2.22. The molecule has 0 unspecified atom stereocenters. The van der Waals surface area contributed by atoms with E-state index in [0.29, 0.717) is 5.92 Å². The Labute approximate surface area is 159 Å². The lowest BCUT2D eigenvalue weighted by atomic mass is 9.90. The third kappa shape index (κ3) is 4.42. The third-order valence-electron chi connectivity index (χ3n) is 5.20. The molecular formula is C22H24N4O. The molecule has 0 bridgehead atoms. The van der Waals surface area contributed by atoms with Gasteiger partial charge in [0.2, 0.25) is 5.91 Å². The molecule has 0 radical (unpaired) electrons. The molecule has 0 N–H and O–H groups in total. The highest BCUT2D eigenvalue weighted by molar-refractivity contribution is 5.76. The average Bonchev–Trinajstić information content (AvgIpc) is 3.18. The van der Waals surface area contributed by atoms with Crippen LogP contribution < -0.4 is 0 Å². The van der Waals surface area contributed by atoms with Crippen LogP contribution in [-0.2, 0) is 17.8 Å². The van der Waals surface area contributed by atoms with E-state index in [1.54, 1.807) is 10.9 Å². The van der Waals surface area contributed by atoms with Crippen LogP contribution in [0.5, 0.6) is 0 Å². The second kappa shape index (κ2) is 8.16. The van der Waals surface area contributed by atoms with E-state index in [4.69, 9.17) is 0 Å². The number of benzene rings is 1. The number of nitrogens with zero attached hydrogens (tertiary/aromatic N) is 4. The smallest absolute Gasteiger partial charge is 0.244 e. The molecule has 1 aromatic carbocycles. The molecule has 4 rings (SSSR count). The van der Waals surface area contributed by atoms with Crippen LogP contribution in [0.4, 0.5) is 0 Å². The number of hydrogen-bond donors (Lipinski definition) is 0. The lowest BCUT2D eigenvalue weighted by molar-refractivity contribution is -0.133. The standard InChI is InChI=1S/C22H24N4O/c27-22(17-26-15-11-21(24-26)20-8-4-5-12-23-20)25-13-9-19(10-14-25)16-18-6-2-1-3-7-18/h1-8,11-12,15,19H,9-10,13-14,16-17H2. The van der Waals surface area contributed by atoms with E-state index in [-0.39, 0.29) is 12.5 Å². The van der Waals surface area contributed by atoms with Gasteiger partial charge in [-0.25, -0.2) is 0 Å². The van der Waals surface area contributed by atoms with Gasteiger partial charge in [-0.2, -0.15) is 5.10 Å². The minimum atomic E-state index is 0.142. The molecule has 5 nitrogen and oxygen atoms in total. The van der Waals surface area contributed by atoms with Gasteiger partial charge < -0.3 is 4.90 Å². The number of likely N-dealkylation sites (tertiary alicyclic amines) is 1. The van der Waals surface area contributed by atoms with Crippen LogP contribution in [0.15, 0.2) is 67.0 Å². The van der Waals surface area contributed by atoms with Gasteiger partial charge in [0.25, 0.3) is 0 Å². The average molecular weight is 360 g/mol. The first kappa shape index (κ1) is 17.5. The summed E-state index contributed by atoms with van der Waals surface area (Å²) in [5.41, 5.74) is 3.01. The fourth-order valence-electron chi connectivity index (χ4n) is 3.67. The van der Waals surface area contributed by atoms with Crippen molar-refractivity contribution in [2.45, 2.75) is 25.8 Å². The molecule has 0 saturated carbocycles. The summed E-state index contributed by atoms with van der Waals surface area (Å²) in [6.07, 6.45) is 6.84. The molecule has 0 spiro atoms. The summed E-state index contributed by atoms with van der Waals surface area (Å²) < 4.78 is 1.71. The summed E-state index contributed by atoms with van der Waals surface area (Å²) in [6.45, 7) is 1.96. The number of aromatic nitrogens is 3. The first-order valence-corrected chi connectivity index (χ1v) is 9.54. The van der Waals surface area contributed by atoms with Gasteiger partial charge in [0.1, 0.15) is 12.2 Å². The highest BCUT2D eigenvalue weighted by Gasteiger charge is 2.23. The molecule has 0 aliphatic carbocycles. The Morgan fingerprint density at radius 3 is 2.48 bits per heavy atom. The summed E-state index contributed by atoms with van der Waals surface area (Å²) in [4.78, 5) is 18.9. The van der Waals surface area contributed by atoms with Crippen molar-refractivity contribution in [3.8, 4) is 11.4 Å². The second-order valence-corrected chi connectivity index (χ2v) is 7.13. The predicted molar refractivity (Wildman–Crippen MR) is 105 cm³/mol. The lowest BCUT2D eigenvalue weighted by Crippen LogP contribution is -2.40. The van der Waals surface area contributed by atoms with Gasteiger partial charge in [-0.15, -0.1) is 0 Å². The largest absolute Gasteiger partial charge is 0.341 e. The molecule has 2 aromatic heterocycles. The monoisotopic (exact) mass is 360 g/mol. The van der Waals surface area contributed by atoms with Gasteiger partial charge in [-0.05, 0) is 48.9 Å². The van der Waals surface area contributed by atoms with Gasteiger partial charge in [0, 0.05) is 25.5 Å². The minimum absolute atomic E-state index is 0.142. The van der Waals surface area contributed by atoms with Crippen LogP contribution in [0.3, 0.4) is 0 Å². The van der Waals surface area contributed by atoms with Crippen molar-refractivity contribution in [3.63, 3.8) is 0 Å². The van der Waals surface area contributed by atoms with Crippen molar-refractivity contribution in [1.82, 2.24) is 19.7 Å². The number of hydrogen-bond acceptors (Lipinski definition) is 3. The number of carbonyl (C=O) groups excluding carboxylic acids is 1. The van der Waals surface area contributed by atoms with Crippen LogP contribution in [0, 0.1) is 5.92 Å². The van der Waals surface area contributed by atoms with Crippen molar-refractivity contribution in [1.29, 1.82) is 0 Å². The Morgan fingerprint density at radius 2 is 1.74 bits per heavy atom. The highest BCUT2D eigenvalue weighted by atomic mass is 16.2. The normalized spacial score (nSPS) is 15.0. The van der Waals surface area contributed by atoms with E-state index in [9.17, 15) is 4.79 Å². The van der Waals surface area contributed by atoms with Crippen molar-refractivity contribution in [3.05, 3.63) is 72.6 Å². The molecule has 1 aliphatic rings. The maximum Gasteiger partial charge on any atom is 0.244 e. The number of pyridine rings is 1. The SMILES string of the molecule is O=C(Cn1ccc(-c2ccccn2)n1)N1CCC(Cc2ccccc2)CC1. The van der Waals surface area contributed by atoms with Crippen LogP contribution in [0.1, 0.15) is 18.4 Å². The van der Waals surface area contributed by atoms with Crippen LogP contribution in [-0.4, -0.2) is 38.7 Å². The van der Waals surface area contributed by atoms with Gasteiger partial charge >= 0.3 is 0 Å². The third-order valence-corrected chi connectivity index (χ3v) is 5.20. The maximum atomic E-state index is 12.6. The molecule has 1 saturated heterocycles. The molecule has 0 atom stereocenters. The van der Waals surface area contributed by atoms with Crippen LogP contribution in [0.25, 0.3) is 11.4 Å². The number of carbonyl (C=O) groups is 1. The Kier molecular flexibility index (Phi) is 5.28. The zero-order valence-corrected chi connectivity index (χ0v) is 15.4. The van der Waals surface area contributed by atoms with Crippen molar-refractivity contribution in [2.24, 2.45) is 5.92 Å². The number of rotatable bonds is 5. The quantitative estimate of drug-likeness (QED) is 0.700. The van der Waals surface area contributed by atoms with Gasteiger partial charge in [0.15, 0.2) is 0 Å². The fraction of sp³-hybridized carbons (Fsp3) is 0.318. The zero-order chi connectivity index (χ0) is 18.5. The summed E-state index contributed by atoms with van der Waals surface area (Å²) in [5, 5.41) is 4.49. The van der Waals surface area contributed by atoms with E-state index >= 15 is 0 Å². The first-order valence-electron chi connectivity index (χ1n) is 9.54. The summed E-state index contributed by atoms with van der Waals surface area (Å²) in [5.74, 6) is 0.806. The Morgan fingerprint density at radius 1 is 0.963 bits per heavy atom. The molecule has 27 heavy (non-hydrogen) atoms. The fourth-order valence-corrected chi connectivity index (χ4v) is 3.67. The Hall–Kier alpha value is -2.95. The summed E-state index contributed by atoms with van der Waals surface area (Å²) in [7, 11) is 0. The molecular weight excluding hydrogens is 336 g/mol. The molecule has 3 heterocycles. The minimum Gasteiger partial charge on any atom is -0.341 e. The maximum absolute atomic E-state index is 12.6. The van der Waals surface area contributed by atoms with Crippen LogP contribution in [0.2, 0.25) is 0 Å². The molecule has 1 fully saturated rings. The van der Waals surface area contributed by atoms with Crippen LogP contribution >= 0.6 is 0 Å². The second-order valence-electron chi connectivity index (χ2n) is 7.13. The molecule has 3 aromatic rings.